The summed E-state index contributed by atoms with van der Waals surface area (Å²) in [4.78, 5) is 32.1. The summed E-state index contributed by atoms with van der Waals surface area (Å²) in [6.45, 7) is 6.34. The van der Waals surface area contributed by atoms with Gasteiger partial charge in [-0.15, -0.1) is 0 Å². The number of carbonyl (C=O) groups excluding carboxylic acids is 2. The molecule has 0 radical (unpaired) electrons. The van der Waals surface area contributed by atoms with Crippen LogP contribution < -0.4 is 9.64 Å². The molecule has 2 aromatic rings. The minimum absolute atomic E-state index is 0.000282. The van der Waals surface area contributed by atoms with Gasteiger partial charge in [0.15, 0.2) is 0 Å². The van der Waals surface area contributed by atoms with Crippen molar-refractivity contribution in [1.82, 2.24) is 9.80 Å². The number of ether oxygens (including phenoxy) is 1. The molecule has 2 amide bonds. The number of rotatable bonds is 4. The van der Waals surface area contributed by atoms with Crippen LogP contribution in [0.2, 0.25) is 5.02 Å². The number of methoxy groups -OCH3 is 1. The van der Waals surface area contributed by atoms with E-state index in [0.29, 0.717) is 50.3 Å². The van der Waals surface area contributed by atoms with E-state index in [1.54, 1.807) is 13.2 Å². The summed E-state index contributed by atoms with van der Waals surface area (Å²) in [6, 6.07) is 13.2. The zero-order valence-electron chi connectivity index (χ0n) is 18.7. The van der Waals surface area contributed by atoms with Crippen LogP contribution in [0.5, 0.6) is 5.75 Å². The van der Waals surface area contributed by atoms with Crippen LogP contribution in [0.4, 0.5) is 5.69 Å². The predicted octanol–water partition coefficient (Wildman–Crippen LogP) is 3.86. The Labute approximate surface area is 194 Å². The minimum atomic E-state index is -0.0104. The van der Waals surface area contributed by atoms with E-state index in [1.807, 2.05) is 46.2 Å². The summed E-state index contributed by atoms with van der Waals surface area (Å²) >= 11 is 6.18. The lowest BCUT2D eigenvalue weighted by Gasteiger charge is -2.39. The van der Waals surface area contributed by atoms with E-state index < -0.39 is 0 Å². The molecular formula is C25H30ClN3O3. The number of halogens is 1. The van der Waals surface area contributed by atoms with Gasteiger partial charge in [-0.05, 0) is 55.7 Å². The van der Waals surface area contributed by atoms with Gasteiger partial charge in [0, 0.05) is 61.5 Å². The average Bonchev–Trinajstić information content (AvgIpc) is 2.85. The standard InChI is InChI=1S/C25H30ClN3O3/c1-18-6-7-21(26)17-23(18)27-12-14-29(15-13-27)24(30)19-8-10-28(11-9-19)25(31)20-4-3-5-22(16-20)32-2/h3-7,16-17,19H,8-15H2,1-2H3. The van der Waals surface area contributed by atoms with Gasteiger partial charge in [0.25, 0.3) is 5.91 Å². The third-order valence-electron chi connectivity index (χ3n) is 6.55. The summed E-state index contributed by atoms with van der Waals surface area (Å²) < 4.78 is 5.23. The van der Waals surface area contributed by atoms with Gasteiger partial charge in [-0.25, -0.2) is 0 Å². The lowest BCUT2D eigenvalue weighted by molar-refractivity contribution is -0.137. The average molecular weight is 456 g/mol. The lowest BCUT2D eigenvalue weighted by Crippen LogP contribution is -2.52. The molecule has 4 rings (SSSR count). The lowest BCUT2D eigenvalue weighted by atomic mass is 9.94. The third kappa shape index (κ3) is 4.85. The molecule has 0 spiro atoms. The van der Waals surface area contributed by atoms with Crippen LogP contribution >= 0.6 is 11.6 Å². The molecule has 2 aliphatic heterocycles. The summed E-state index contributed by atoms with van der Waals surface area (Å²) in [6.07, 6.45) is 1.42. The highest BCUT2D eigenvalue weighted by atomic mass is 35.5. The number of aryl methyl sites for hydroxylation is 1. The highest BCUT2D eigenvalue weighted by molar-refractivity contribution is 6.30. The zero-order valence-corrected chi connectivity index (χ0v) is 19.5. The molecule has 0 N–H and O–H groups in total. The van der Waals surface area contributed by atoms with Gasteiger partial charge in [-0.3, -0.25) is 9.59 Å². The Hall–Kier alpha value is -2.73. The van der Waals surface area contributed by atoms with E-state index >= 15 is 0 Å². The third-order valence-corrected chi connectivity index (χ3v) is 6.79. The Kier molecular flexibility index (Phi) is 6.89. The minimum Gasteiger partial charge on any atom is -0.497 e. The molecule has 2 aromatic carbocycles. The summed E-state index contributed by atoms with van der Waals surface area (Å²) in [5, 5.41) is 0.736. The van der Waals surface area contributed by atoms with Crippen molar-refractivity contribution in [2.75, 3.05) is 51.3 Å². The number of amides is 2. The van der Waals surface area contributed by atoms with E-state index in [4.69, 9.17) is 16.3 Å². The predicted molar refractivity (Wildman–Crippen MR) is 127 cm³/mol. The van der Waals surface area contributed by atoms with Crippen LogP contribution in [0.15, 0.2) is 42.5 Å². The fraction of sp³-hybridized carbons (Fsp3) is 0.440. The number of likely N-dealkylation sites (tertiary alicyclic amines) is 1. The molecule has 7 heteroatoms. The van der Waals surface area contributed by atoms with Crippen molar-refractivity contribution in [2.45, 2.75) is 19.8 Å². The Morgan fingerprint density at radius 3 is 2.34 bits per heavy atom. The second-order valence-corrected chi connectivity index (χ2v) is 8.98. The maximum Gasteiger partial charge on any atom is 0.253 e. The molecule has 2 saturated heterocycles. The topological polar surface area (TPSA) is 53.1 Å². The van der Waals surface area contributed by atoms with Gasteiger partial charge in [0.2, 0.25) is 5.91 Å². The first-order valence-corrected chi connectivity index (χ1v) is 11.6. The summed E-state index contributed by atoms with van der Waals surface area (Å²) in [5.74, 6) is 0.887. The number of benzene rings is 2. The fourth-order valence-corrected chi connectivity index (χ4v) is 4.78. The van der Waals surface area contributed by atoms with Gasteiger partial charge >= 0.3 is 0 Å². The number of hydrogen-bond donors (Lipinski definition) is 0. The molecule has 2 aliphatic rings. The van der Waals surface area contributed by atoms with E-state index in [0.717, 1.165) is 23.8 Å². The Morgan fingerprint density at radius 1 is 0.938 bits per heavy atom. The number of nitrogens with zero attached hydrogens (tertiary/aromatic N) is 3. The first kappa shape index (κ1) is 22.5. The largest absolute Gasteiger partial charge is 0.497 e. The quantitative estimate of drug-likeness (QED) is 0.702. The number of carbonyl (C=O) groups is 2. The smallest absolute Gasteiger partial charge is 0.253 e. The normalized spacial score (nSPS) is 17.4. The molecular weight excluding hydrogens is 426 g/mol. The van der Waals surface area contributed by atoms with Gasteiger partial charge in [0.1, 0.15) is 5.75 Å². The Balaban J connectivity index is 1.29. The molecule has 6 nitrogen and oxygen atoms in total. The maximum absolute atomic E-state index is 13.1. The van der Waals surface area contributed by atoms with Crippen molar-refractivity contribution in [2.24, 2.45) is 5.92 Å². The second-order valence-electron chi connectivity index (χ2n) is 8.54. The van der Waals surface area contributed by atoms with Gasteiger partial charge in [-0.1, -0.05) is 23.7 Å². The highest BCUT2D eigenvalue weighted by Gasteiger charge is 2.32. The van der Waals surface area contributed by atoms with Crippen molar-refractivity contribution in [3.05, 3.63) is 58.6 Å². The van der Waals surface area contributed by atoms with Crippen LogP contribution in [0.1, 0.15) is 28.8 Å². The number of anilines is 1. The maximum atomic E-state index is 13.1. The zero-order chi connectivity index (χ0) is 22.7. The van der Waals surface area contributed by atoms with E-state index in [1.165, 1.54) is 5.56 Å². The molecule has 2 heterocycles. The van der Waals surface area contributed by atoms with Crippen LogP contribution in [0.3, 0.4) is 0 Å². The van der Waals surface area contributed by atoms with Crippen molar-refractivity contribution in [3.8, 4) is 5.75 Å². The monoisotopic (exact) mass is 455 g/mol. The van der Waals surface area contributed by atoms with Gasteiger partial charge in [0.05, 0.1) is 7.11 Å². The van der Waals surface area contributed by atoms with E-state index in [2.05, 4.69) is 11.8 Å². The van der Waals surface area contributed by atoms with Crippen LogP contribution in [-0.2, 0) is 4.79 Å². The summed E-state index contributed by atoms with van der Waals surface area (Å²) in [5.41, 5.74) is 2.97. The number of piperidine rings is 1. The Morgan fingerprint density at radius 2 is 1.66 bits per heavy atom. The Bertz CT molecular complexity index is 980. The van der Waals surface area contributed by atoms with Gasteiger partial charge < -0.3 is 19.4 Å². The molecule has 2 fully saturated rings. The summed E-state index contributed by atoms with van der Waals surface area (Å²) in [7, 11) is 1.59. The SMILES string of the molecule is COc1cccc(C(=O)N2CCC(C(=O)N3CCN(c4cc(Cl)ccc4C)CC3)CC2)c1. The fourth-order valence-electron chi connectivity index (χ4n) is 4.62. The first-order chi connectivity index (χ1) is 15.5. The van der Waals surface area contributed by atoms with Crippen LogP contribution in [0, 0.1) is 12.8 Å². The number of piperazine rings is 1. The first-order valence-electron chi connectivity index (χ1n) is 11.2. The second kappa shape index (κ2) is 9.82. The molecule has 0 atom stereocenters. The molecule has 0 saturated carbocycles. The number of hydrogen-bond acceptors (Lipinski definition) is 4. The van der Waals surface area contributed by atoms with Crippen molar-refractivity contribution >= 4 is 29.1 Å². The van der Waals surface area contributed by atoms with Crippen molar-refractivity contribution < 1.29 is 14.3 Å². The van der Waals surface area contributed by atoms with E-state index in [-0.39, 0.29) is 17.7 Å². The van der Waals surface area contributed by atoms with Gasteiger partial charge in [-0.2, -0.15) is 0 Å². The molecule has 0 bridgehead atoms. The molecule has 170 valence electrons. The molecule has 0 aromatic heterocycles. The highest BCUT2D eigenvalue weighted by Crippen LogP contribution is 2.27. The van der Waals surface area contributed by atoms with E-state index in [9.17, 15) is 9.59 Å². The van der Waals surface area contributed by atoms with Crippen molar-refractivity contribution in [3.63, 3.8) is 0 Å². The van der Waals surface area contributed by atoms with Crippen LogP contribution in [-0.4, -0.2) is 68.0 Å². The van der Waals surface area contributed by atoms with Crippen molar-refractivity contribution in [1.29, 1.82) is 0 Å². The van der Waals surface area contributed by atoms with Crippen LogP contribution in [0.25, 0.3) is 0 Å². The molecule has 32 heavy (non-hydrogen) atoms. The molecule has 0 aliphatic carbocycles. The molecule has 0 unspecified atom stereocenters.